The van der Waals surface area contributed by atoms with E-state index in [1.807, 2.05) is 0 Å². The van der Waals surface area contributed by atoms with Gasteiger partial charge in [-0.2, -0.15) is 13.2 Å². The van der Waals surface area contributed by atoms with E-state index in [1.54, 1.807) is 0 Å². The summed E-state index contributed by atoms with van der Waals surface area (Å²) in [7, 11) is 0. The molecule has 0 aliphatic carbocycles. The minimum Gasteiger partial charge on any atom is -0.392 e. The lowest BCUT2D eigenvalue weighted by molar-refractivity contribution is -0.137. The molecule has 15 heavy (non-hydrogen) atoms. The highest BCUT2D eigenvalue weighted by Gasteiger charge is 2.29. The van der Waals surface area contributed by atoms with Gasteiger partial charge in [0.2, 0.25) is 0 Å². The van der Waals surface area contributed by atoms with Crippen molar-refractivity contribution in [3.63, 3.8) is 0 Å². The fourth-order valence-corrected chi connectivity index (χ4v) is 1.02. The number of benzene rings is 1. The molecule has 0 aliphatic heterocycles. The molecule has 82 valence electrons. The molecule has 0 atom stereocenters. The van der Waals surface area contributed by atoms with E-state index >= 15 is 0 Å². The SMILES string of the molecule is OC/C=C(\F)c1ccc(C(F)(F)F)cc1. The first kappa shape index (κ1) is 11.7. The summed E-state index contributed by atoms with van der Waals surface area (Å²) in [6.07, 6.45) is -3.54. The maximum Gasteiger partial charge on any atom is 0.416 e. The number of halogens is 4. The largest absolute Gasteiger partial charge is 0.416 e. The Hall–Kier alpha value is -1.36. The van der Waals surface area contributed by atoms with E-state index in [9.17, 15) is 17.6 Å². The normalized spacial score (nSPS) is 13.0. The van der Waals surface area contributed by atoms with Crippen LogP contribution in [-0.2, 0) is 6.18 Å². The van der Waals surface area contributed by atoms with Gasteiger partial charge in [0, 0.05) is 5.56 Å². The zero-order valence-corrected chi connectivity index (χ0v) is 7.55. The van der Waals surface area contributed by atoms with Crippen LogP contribution in [0, 0.1) is 0 Å². The van der Waals surface area contributed by atoms with Gasteiger partial charge in [0.25, 0.3) is 0 Å². The molecule has 1 N–H and O–H groups in total. The minimum absolute atomic E-state index is 0.0112. The highest BCUT2D eigenvalue weighted by atomic mass is 19.4. The second kappa shape index (κ2) is 4.44. The van der Waals surface area contributed by atoms with Crippen molar-refractivity contribution in [1.29, 1.82) is 0 Å². The third kappa shape index (κ3) is 3.06. The lowest BCUT2D eigenvalue weighted by atomic mass is 10.1. The Morgan fingerprint density at radius 1 is 1.20 bits per heavy atom. The molecule has 0 bridgehead atoms. The number of aliphatic hydroxyl groups excluding tert-OH is 1. The zero-order valence-electron chi connectivity index (χ0n) is 7.55. The summed E-state index contributed by atoms with van der Waals surface area (Å²) in [5.41, 5.74) is -0.819. The van der Waals surface area contributed by atoms with Crippen LogP contribution in [0.15, 0.2) is 30.3 Å². The van der Waals surface area contributed by atoms with E-state index in [4.69, 9.17) is 5.11 Å². The molecular formula is C10H8F4O. The molecule has 5 heteroatoms. The molecule has 0 unspecified atom stereocenters. The molecule has 1 aromatic carbocycles. The van der Waals surface area contributed by atoms with E-state index < -0.39 is 24.2 Å². The molecule has 0 amide bonds. The second-order valence-corrected chi connectivity index (χ2v) is 2.81. The number of hydrogen-bond donors (Lipinski definition) is 1. The predicted molar refractivity (Wildman–Crippen MR) is 47.6 cm³/mol. The van der Waals surface area contributed by atoms with Crippen LogP contribution in [0.2, 0.25) is 0 Å². The van der Waals surface area contributed by atoms with Crippen molar-refractivity contribution in [3.8, 4) is 0 Å². The third-order valence-corrected chi connectivity index (χ3v) is 1.76. The maximum absolute atomic E-state index is 13.0. The van der Waals surface area contributed by atoms with Crippen molar-refractivity contribution >= 4 is 5.83 Å². The fourth-order valence-electron chi connectivity index (χ4n) is 1.02. The van der Waals surface area contributed by atoms with Crippen molar-refractivity contribution < 1.29 is 22.7 Å². The summed E-state index contributed by atoms with van der Waals surface area (Å²) in [5, 5.41) is 8.39. The third-order valence-electron chi connectivity index (χ3n) is 1.76. The summed E-state index contributed by atoms with van der Waals surface area (Å²) in [6, 6.07) is 3.62. The van der Waals surface area contributed by atoms with Crippen LogP contribution in [-0.4, -0.2) is 11.7 Å². The van der Waals surface area contributed by atoms with Gasteiger partial charge < -0.3 is 5.11 Å². The molecule has 0 saturated carbocycles. The van der Waals surface area contributed by atoms with Gasteiger partial charge in [-0.1, -0.05) is 12.1 Å². The van der Waals surface area contributed by atoms with Gasteiger partial charge in [0.1, 0.15) is 5.83 Å². The second-order valence-electron chi connectivity index (χ2n) is 2.81. The van der Waals surface area contributed by atoms with Crippen LogP contribution in [0.3, 0.4) is 0 Å². The molecule has 0 heterocycles. The number of rotatable bonds is 2. The monoisotopic (exact) mass is 220 g/mol. The summed E-state index contributed by atoms with van der Waals surface area (Å²) < 4.78 is 49.3. The molecule has 1 aromatic rings. The Balaban J connectivity index is 2.96. The first-order chi connectivity index (χ1) is 6.95. The maximum atomic E-state index is 13.0. The van der Waals surface area contributed by atoms with Gasteiger partial charge in [0.15, 0.2) is 0 Å². The highest BCUT2D eigenvalue weighted by molar-refractivity contribution is 5.59. The smallest absolute Gasteiger partial charge is 0.392 e. The molecule has 1 rings (SSSR count). The van der Waals surface area contributed by atoms with Gasteiger partial charge in [-0.25, -0.2) is 4.39 Å². The molecule has 0 aromatic heterocycles. The summed E-state index contributed by atoms with van der Waals surface area (Å²) >= 11 is 0. The molecule has 0 fully saturated rings. The summed E-state index contributed by atoms with van der Waals surface area (Å²) in [5.74, 6) is -0.744. The molecule has 0 radical (unpaired) electrons. The number of alkyl halides is 3. The minimum atomic E-state index is -4.42. The van der Waals surface area contributed by atoms with Crippen molar-refractivity contribution in [2.45, 2.75) is 6.18 Å². The Bertz CT molecular complexity index is 351. The highest BCUT2D eigenvalue weighted by Crippen LogP contribution is 2.30. The van der Waals surface area contributed by atoms with Crippen molar-refractivity contribution in [1.82, 2.24) is 0 Å². The average molecular weight is 220 g/mol. The molecule has 0 aliphatic rings. The lowest BCUT2D eigenvalue weighted by Gasteiger charge is -2.06. The van der Waals surface area contributed by atoms with Crippen LogP contribution in [0.5, 0.6) is 0 Å². The zero-order chi connectivity index (χ0) is 11.5. The quantitative estimate of drug-likeness (QED) is 0.759. The average Bonchev–Trinajstić information content (AvgIpc) is 2.17. The van der Waals surface area contributed by atoms with E-state index in [-0.39, 0.29) is 5.56 Å². The Morgan fingerprint density at radius 3 is 2.13 bits per heavy atom. The molecular weight excluding hydrogens is 212 g/mol. The van der Waals surface area contributed by atoms with E-state index in [0.29, 0.717) is 0 Å². The standard InChI is InChI=1S/C10H8F4O/c11-9(5-6-15)7-1-3-8(4-2-7)10(12,13)14/h1-5,15H,6H2/b9-5-. The number of hydrogen-bond acceptors (Lipinski definition) is 1. The van der Waals surface area contributed by atoms with Gasteiger partial charge in [0.05, 0.1) is 12.2 Å². The van der Waals surface area contributed by atoms with E-state index in [0.717, 1.165) is 30.3 Å². The van der Waals surface area contributed by atoms with Gasteiger partial charge in [-0.15, -0.1) is 0 Å². The van der Waals surface area contributed by atoms with E-state index in [2.05, 4.69) is 0 Å². The summed E-state index contributed by atoms with van der Waals surface area (Å²) in [4.78, 5) is 0. The van der Waals surface area contributed by atoms with Gasteiger partial charge in [-0.3, -0.25) is 0 Å². The lowest BCUT2D eigenvalue weighted by Crippen LogP contribution is -2.04. The van der Waals surface area contributed by atoms with Crippen LogP contribution >= 0.6 is 0 Å². The van der Waals surface area contributed by atoms with Crippen molar-refractivity contribution in [2.75, 3.05) is 6.61 Å². The Labute approximate surface area is 83.7 Å². The van der Waals surface area contributed by atoms with Crippen LogP contribution in [0.25, 0.3) is 5.83 Å². The first-order valence-electron chi connectivity index (χ1n) is 4.09. The summed E-state index contributed by atoms with van der Waals surface area (Å²) in [6.45, 7) is -0.493. The Kier molecular flexibility index (Phi) is 3.47. The van der Waals surface area contributed by atoms with Gasteiger partial charge in [-0.05, 0) is 18.2 Å². The van der Waals surface area contributed by atoms with Crippen LogP contribution in [0.4, 0.5) is 17.6 Å². The van der Waals surface area contributed by atoms with Gasteiger partial charge >= 0.3 is 6.18 Å². The van der Waals surface area contributed by atoms with E-state index in [1.165, 1.54) is 0 Å². The van der Waals surface area contributed by atoms with Crippen LogP contribution < -0.4 is 0 Å². The Morgan fingerprint density at radius 2 is 1.73 bits per heavy atom. The van der Waals surface area contributed by atoms with Crippen LogP contribution in [0.1, 0.15) is 11.1 Å². The topological polar surface area (TPSA) is 20.2 Å². The molecule has 0 spiro atoms. The first-order valence-corrected chi connectivity index (χ1v) is 4.09. The predicted octanol–water partition coefficient (Wildman–Crippen LogP) is 3.01. The molecule has 1 nitrogen and oxygen atoms in total. The van der Waals surface area contributed by atoms with Crippen molar-refractivity contribution in [3.05, 3.63) is 41.5 Å². The van der Waals surface area contributed by atoms with Crippen molar-refractivity contribution in [2.24, 2.45) is 0 Å². The number of aliphatic hydroxyl groups is 1. The molecule has 0 saturated heterocycles. The fraction of sp³-hybridized carbons (Fsp3) is 0.200.